The molecule has 6 heteroatoms. The quantitative estimate of drug-likeness (QED) is 0.581. The van der Waals surface area contributed by atoms with Crippen LogP contribution < -0.4 is 10.6 Å². The zero-order chi connectivity index (χ0) is 14.9. The van der Waals surface area contributed by atoms with Crippen LogP contribution in [0.5, 0.6) is 0 Å². The highest BCUT2D eigenvalue weighted by Crippen LogP contribution is 2.09. The molecule has 0 aromatic heterocycles. The molecule has 3 N–H and O–H groups in total. The fraction of sp³-hybridized carbons (Fsp3) is 0.615. The van der Waals surface area contributed by atoms with Crippen molar-refractivity contribution in [1.29, 1.82) is 0 Å². The molecule has 0 aromatic carbocycles. The molecule has 110 valence electrons. The highest BCUT2D eigenvalue weighted by atomic mass is 16.6. The van der Waals surface area contributed by atoms with Crippen molar-refractivity contribution in [3.8, 4) is 0 Å². The number of aliphatic hydroxyl groups is 1. The summed E-state index contributed by atoms with van der Waals surface area (Å²) in [6, 6.07) is 0. The Morgan fingerprint density at radius 2 is 2.11 bits per heavy atom. The van der Waals surface area contributed by atoms with Gasteiger partial charge >= 0.3 is 6.09 Å². The fourth-order valence-electron chi connectivity index (χ4n) is 1.19. The van der Waals surface area contributed by atoms with Gasteiger partial charge in [0.1, 0.15) is 5.60 Å². The van der Waals surface area contributed by atoms with Gasteiger partial charge in [-0.1, -0.05) is 13.2 Å². The highest BCUT2D eigenvalue weighted by molar-refractivity contribution is 5.68. The number of nitrogens with zero attached hydrogens (tertiary/aromatic N) is 1. The third-order valence-electron chi connectivity index (χ3n) is 2.00. The summed E-state index contributed by atoms with van der Waals surface area (Å²) in [7, 11) is 0. The average Bonchev–Trinajstić information content (AvgIpc) is 2.27. The summed E-state index contributed by atoms with van der Waals surface area (Å²) in [5, 5.41) is 14.5. The molecule has 0 aliphatic heterocycles. The Balaban J connectivity index is 4.40. The summed E-state index contributed by atoms with van der Waals surface area (Å²) in [6.07, 6.45) is 1.54. The van der Waals surface area contributed by atoms with Crippen LogP contribution in [0.3, 0.4) is 0 Å². The minimum atomic E-state index is -0.551. The lowest BCUT2D eigenvalue weighted by Gasteiger charge is -2.28. The maximum absolute atomic E-state index is 11.9. The molecule has 0 atom stereocenters. The SMILES string of the molecule is C=CNC(=C)NCN(CCCO)C(=O)OC(C)(C)C. The van der Waals surface area contributed by atoms with Crippen LogP contribution >= 0.6 is 0 Å². The summed E-state index contributed by atoms with van der Waals surface area (Å²) < 4.78 is 5.28. The van der Waals surface area contributed by atoms with Crippen LogP contribution in [0.1, 0.15) is 27.2 Å². The molecule has 0 aliphatic carbocycles. The number of hydrogen-bond donors (Lipinski definition) is 3. The van der Waals surface area contributed by atoms with Crippen molar-refractivity contribution in [2.75, 3.05) is 19.8 Å². The van der Waals surface area contributed by atoms with E-state index in [0.717, 1.165) is 0 Å². The van der Waals surface area contributed by atoms with Crippen LogP contribution in [-0.4, -0.2) is 41.5 Å². The van der Waals surface area contributed by atoms with Crippen LogP contribution in [0.15, 0.2) is 25.2 Å². The monoisotopic (exact) mass is 271 g/mol. The van der Waals surface area contributed by atoms with Crippen LogP contribution in [-0.2, 0) is 4.74 Å². The average molecular weight is 271 g/mol. The van der Waals surface area contributed by atoms with Crippen LogP contribution in [0.25, 0.3) is 0 Å². The Bertz CT molecular complexity index is 311. The van der Waals surface area contributed by atoms with Gasteiger partial charge in [-0.25, -0.2) is 4.79 Å². The maximum Gasteiger partial charge on any atom is 0.411 e. The van der Waals surface area contributed by atoms with Crippen molar-refractivity contribution in [3.05, 3.63) is 25.2 Å². The summed E-state index contributed by atoms with van der Waals surface area (Å²) in [4.78, 5) is 13.4. The van der Waals surface area contributed by atoms with E-state index in [4.69, 9.17) is 9.84 Å². The number of carbonyl (C=O) groups is 1. The Kier molecular flexibility index (Phi) is 7.67. The number of nitrogens with one attached hydrogen (secondary N) is 2. The molecule has 0 heterocycles. The minimum Gasteiger partial charge on any atom is -0.444 e. The van der Waals surface area contributed by atoms with E-state index in [-0.39, 0.29) is 13.3 Å². The third kappa shape index (κ3) is 8.96. The van der Waals surface area contributed by atoms with Gasteiger partial charge in [0, 0.05) is 13.2 Å². The summed E-state index contributed by atoms with van der Waals surface area (Å²) in [6.45, 7) is 13.3. The van der Waals surface area contributed by atoms with Gasteiger partial charge in [-0.15, -0.1) is 0 Å². The zero-order valence-corrected chi connectivity index (χ0v) is 12.0. The Labute approximate surface area is 115 Å². The molecule has 1 amide bonds. The topological polar surface area (TPSA) is 73.8 Å². The van der Waals surface area contributed by atoms with Crippen LogP contribution in [0.2, 0.25) is 0 Å². The number of rotatable bonds is 8. The molecular formula is C13H25N3O3. The molecule has 0 aromatic rings. The molecule has 0 fully saturated rings. The second kappa shape index (κ2) is 8.42. The molecule has 0 unspecified atom stereocenters. The second-order valence-electron chi connectivity index (χ2n) is 4.98. The van der Waals surface area contributed by atoms with Crippen molar-refractivity contribution in [3.63, 3.8) is 0 Å². The van der Waals surface area contributed by atoms with Crippen molar-refractivity contribution in [2.24, 2.45) is 0 Å². The first-order valence-corrected chi connectivity index (χ1v) is 6.19. The molecule has 0 bridgehead atoms. The lowest BCUT2D eigenvalue weighted by Crippen LogP contribution is -2.43. The Morgan fingerprint density at radius 1 is 1.47 bits per heavy atom. The van der Waals surface area contributed by atoms with Gasteiger partial charge < -0.3 is 20.5 Å². The predicted octanol–water partition coefficient (Wildman–Crippen LogP) is 1.36. The first-order valence-electron chi connectivity index (χ1n) is 6.19. The van der Waals surface area contributed by atoms with E-state index in [0.29, 0.717) is 18.8 Å². The number of carbonyl (C=O) groups excluding carboxylic acids is 1. The molecule has 0 spiro atoms. The predicted molar refractivity (Wildman–Crippen MR) is 75.1 cm³/mol. The molecule has 0 aliphatic rings. The van der Waals surface area contributed by atoms with E-state index in [1.54, 1.807) is 20.8 Å². The maximum atomic E-state index is 11.9. The number of hydrogen-bond acceptors (Lipinski definition) is 5. The van der Waals surface area contributed by atoms with Crippen LogP contribution in [0.4, 0.5) is 4.79 Å². The number of amides is 1. The lowest BCUT2D eigenvalue weighted by atomic mass is 10.2. The fourth-order valence-corrected chi connectivity index (χ4v) is 1.19. The Hall–Kier alpha value is -1.69. The smallest absolute Gasteiger partial charge is 0.411 e. The van der Waals surface area contributed by atoms with Gasteiger partial charge in [0.25, 0.3) is 0 Å². The summed E-state index contributed by atoms with van der Waals surface area (Å²) >= 11 is 0. The minimum absolute atomic E-state index is 0.0190. The highest BCUT2D eigenvalue weighted by Gasteiger charge is 2.21. The van der Waals surface area contributed by atoms with Crippen molar-refractivity contribution in [1.82, 2.24) is 15.5 Å². The standard InChI is InChI=1S/C13H25N3O3/c1-6-14-11(2)15-10-16(8-7-9-17)12(18)19-13(3,4)5/h6,14-15,17H,1-2,7-10H2,3-5H3. The van der Waals surface area contributed by atoms with Gasteiger partial charge in [-0.05, 0) is 33.4 Å². The van der Waals surface area contributed by atoms with Crippen molar-refractivity contribution in [2.45, 2.75) is 32.8 Å². The molecule has 0 saturated carbocycles. The molecule has 6 nitrogen and oxygen atoms in total. The van der Waals surface area contributed by atoms with E-state index >= 15 is 0 Å². The van der Waals surface area contributed by atoms with E-state index in [1.807, 2.05) is 0 Å². The van der Waals surface area contributed by atoms with Crippen LogP contribution in [0, 0.1) is 0 Å². The molecule has 0 saturated heterocycles. The second-order valence-corrected chi connectivity index (χ2v) is 4.98. The first kappa shape index (κ1) is 17.3. The third-order valence-corrected chi connectivity index (χ3v) is 2.00. The van der Waals surface area contributed by atoms with Crippen molar-refractivity contribution < 1.29 is 14.6 Å². The van der Waals surface area contributed by atoms with E-state index in [9.17, 15) is 4.79 Å². The van der Waals surface area contributed by atoms with Crippen molar-refractivity contribution >= 4 is 6.09 Å². The van der Waals surface area contributed by atoms with Gasteiger partial charge in [0.15, 0.2) is 0 Å². The normalized spacial score (nSPS) is 10.5. The zero-order valence-electron chi connectivity index (χ0n) is 12.0. The summed E-state index contributed by atoms with van der Waals surface area (Å²) in [5.41, 5.74) is -0.551. The van der Waals surface area contributed by atoms with Gasteiger partial charge in [0.05, 0.1) is 12.5 Å². The lowest BCUT2D eigenvalue weighted by molar-refractivity contribution is 0.0230. The van der Waals surface area contributed by atoms with E-state index < -0.39 is 11.7 Å². The largest absolute Gasteiger partial charge is 0.444 e. The van der Waals surface area contributed by atoms with Gasteiger partial charge in [0.2, 0.25) is 0 Å². The van der Waals surface area contributed by atoms with E-state index in [2.05, 4.69) is 23.8 Å². The number of ether oxygens (including phenoxy) is 1. The first-order chi connectivity index (χ1) is 8.80. The molecule has 19 heavy (non-hydrogen) atoms. The van der Waals surface area contributed by atoms with E-state index in [1.165, 1.54) is 11.1 Å². The molecule has 0 rings (SSSR count). The van der Waals surface area contributed by atoms with Gasteiger partial charge in [-0.3, -0.25) is 4.90 Å². The Morgan fingerprint density at radius 3 is 2.58 bits per heavy atom. The van der Waals surface area contributed by atoms with Gasteiger partial charge in [-0.2, -0.15) is 0 Å². The molecular weight excluding hydrogens is 246 g/mol. The number of aliphatic hydroxyl groups excluding tert-OH is 1. The summed E-state index contributed by atoms with van der Waals surface area (Å²) in [5.74, 6) is 0.535. The molecule has 0 radical (unpaired) electrons.